The molecule has 0 N–H and O–H groups in total. The lowest BCUT2D eigenvalue weighted by molar-refractivity contribution is 0.0950. The van der Waals surface area contributed by atoms with Gasteiger partial charge in [-0.05, 0) is 55.0 Å². The molecule has 1 aliphatic heterocycles. The number of carbonyl (C=O) groups excluding carboxylic acids is 1. The zero-order valence-corrected chi connectivity index (χ0v) is 15.3. The van der Waals surface area contributed by atoms with E-state index in [1.54, 1.807) is 7.11 Å². The van der Waals surface area contributed by atoms with Crippen molar-refractivity contribution >= 4 is 5.78 Å². The van der Waals surface area contributed by atoms with Crippen LogP contribution in [0.2, 0.25) is 0 Å². The van der Waals surface area contributed by atoms with E-state index in [0.29, 0.717) is 12.2 Å². The van der Waals surface area contributed by atoms with Crippen LogP contribution in [0.5, 0.6) is 5.75 Å². The minimum atomic E-state index is 0.0321. The number of hydrogen-bond acceptors (Lipinski definition) is 3. The number of nitrogens with zero attached hydrogens (tertiary/aromatic N) is 1. The Balaban J connectivity index is 2.05. The molecule has 0 saturated carbocycles. The maximum absolute atomic E-state index is 12.7. The summed E-state index contributed by atoms with van der Waals surface area (Å²) >= 11 is 0. The number of likely N-dealkylation sites (tertiary alicyclic amines) is 1. The van der Waals surface area contributed by atoms with Crippen molar-refractivity contribution in [2.45, 2.75) is 52.4 Å². The molecule has 1 fully saturated rings. The van der Waals surface area contributed by atoms with Crippen molar-refractivity contribution in [3.63, 3.8) is 0 Å². The van der Waals surface area contributed by atoms with E-state index in [9.17, 15) is 4.79 Å². The number of Topliss-reactive ketones (excluding diaryl/α,β-unsaturated/α-hetero) is 1. The van der Waals surface area contributed by atoms with Gasteiger partial charge in [0.1, 0.15) is 5.75 Å². The Hall–Kier alpha value is -1.35. The van der Waals surface area contributed by atoms with Crippen LogP contribution < -0.4 is 4.74 Å². The number of carbonyl (C=O) groups is 1. The Morgan fingerprint density at radius 2 is 1.91 bits per heavy atom. The van der Waals surface area contributed by atoms with Crippen molar-refractivity contribution < 1.29 is 9.53 Å². The molecule has 2 rings (SSSR count). The zero-order valence-electron chi connectivity index (χ0n) is 15.3. The Morgan fingerprint density at radius 1 is 1.26 bits per heavy atom. The van der Waals surface area contributed by atoms with E-state index in [0.717, 1.165) is 31.1 Å². The fourth-order valence-electron chi connectivity index (χ4n) is 3.07. The van der Waals surface area contributed by atoms with E-state index in [1.165, 1.54) is 18.4 Å². The second-order valence-corrected chi connectivity index (χ2v) is 7.86. The normalized spacial score (nSPS) is 17.3. The smallest absolute Gasteiger partial charge is 0.167 e. The van der Waals surface area contributed by atoms with Crippen molar-refractivity contribution in [2.24, 2.45) is 5.92 Å². The lowest BCUT2D eigenvalue weighted by Crippen LogP contribution is -2.34. The largest absolute Gasteiger partial charge is 0.496 e. The van der Waals surface area contributed by atoms with Crippen LogP contribution in [0.3, 0.4) is 0 Å². The van der Waals surface area contributed by atoms with Gasteiger partial charge in [0.2, 0.25) is 0 Å². The summed E-state index contributed by atoms with van der Waals surface area (Å²) in [5.41, 5.74) is 1.93. The summed E-state index contributed by atoms with van der Waals surface area (Å²) in [6, 6.07) is 6.00. The number of ether oxygens (including phenoxy) is 1. The maximum Gasteiger partial charge on any atom is 0.167 e. The molecule has 0 unspecified atom stereocenters. The first-order valence-corrected chi connectivity index (χ1v) is 8.75. The van der Waals surface area contributed by atoms with E-state index in [4.69, 9.17) is 4.74 Å². The highest BCUT2D eigenvalue weighted by molar-refractivity contribution is 5.99. The molecular formula is C20H31NO2. The van der Waals surface area contributed by atoms with Crippen molar-refractivity contribution in [3.05, 3.63) is 29.3 Å². The highest BCUT2D eigenvalue weighted by atomic mass is 16.5. The molecule has 0 aliphatic carbocycles. The highest BCUT2D eigenvalue weighted by Gasteiger charge is 2.21. The molecule has 0 radical (unpaired) electrons. The van der Waals surface area contributed by atoms with Gasteiger partial charge < -0.3 is 9.64 Å². The quantitative estimate of drug-likeness (QED) is 0.758. The van der Waals surface area contributed by atoms with Crippen LogP contribution in [-0.2, 0) is 5.41 Å². The lowest BCUT2D eigenvalue weighted by atomic mass is 9.85. The van der Waals surface area contributed by atoms with Crippen LogP contribution in [0, 0.1) is 5.92 Å². The fraction of sp³-hybridized carbons (Fsp3) is 0.650. The van der Waals surface area contributed by atoms with Gasteiger partial charge in [0.15, 0.2) is 5.78 Å². The van der Waals surface area contributed by atoms with E-state index < -0.39 is 0 Å². The van der Waals surface area contributed by atoms with Gasteiger partial charge >= 0.3 is 0 Å². The predicted octanol–water partition coefficient (Wildman–Crippen LogP) is 4.30. The maximum atomic E-state index is 12.7. The lowest BCUT2D eigenvalue weighted by Gasteiger charge is -2.30. The van der Waals surface area contributed by atoms with E-state index >= 15 is 0 Å². The van der Waals surface area contributed by atoms with Crippen molar-refractivity contribution in [3.8, 4) is 5.75 Å². The van der Waals surface area contributed by atoms with Crippen molar-refractivity contribution in [2.75, 3.05) is 26.7 Å². The molecule has 0 spiro atoms. The Morgan fingerprint density at radius 3 is 2.48 bits per heavy atom. The molecule has 0 atom stereocenters. The summed E-state index contributed by atoms with van der Waals surface area (Å²) < 4.78 is 5.41. The molecule has 0 aromatic heterocycles. The SMILES string of the molecule is COc1ccc(C(C)(C)C)cc1C(=O)CCN1CCC(C)CC1. The topological polar surface area (TPSA) is 29.5 Å². The van der Waals surface area contributed by atoms with Crippen LogP contribution in [0.4, 0.5) is 0 Å². The van der Waals surface area contributed by atoms with Gasteiger partial charge in [0.05, 0.1) is 12.7 Å². The molecule has 0 amide bonds. The Kier molecular flexibility index (Phi) is 5.85. The van der Waals surface area contributed by atoms with E-state index in [-0.39, 0.29) is 11.2 Å². The molecule has 1 saturated heterocycles. The minimum Gasteiger partial charge on any atom is -0.496 e. The molecule has 3 heteroatoms. The summed E-state index contributed by atoms with van der Waals surface area (Å²) in [6.07, 6.45) is 3.06. The van der Waals surface area contributed by atoms with Crippen molar-refractivity contribution in [1.82, 2.24) is 4.90 Å². The number of rotatable bonds is 5. The molecule has 1 heterocycles. The summed E-state index contributed by atoms with van der Waals surface area (Å²) in [6.45, 7) is 11.9. The summed E-state index contributed by atoms with van der Waals surface area (Å²) in [4.78, 5) is 15.1. The number of hydrogen-bond donors (Lipinski definition) is 0. The van der Waals surface area contributed by atoms with Gasteiger partial charge in [-0.3, -0.25) is 4.79 Å². The average Bonchev–Trinajstić information content (AvgIpc) is 2.52. The first kappa shape index (κ1) is 18.0. The fourth-order valence-corrected chi connectivity index (χ4v) is 3.07. The molecule has 128 valence electrons. The third-order valence-corrected chi connectivity index (χ3v) is 4.90. The van der Waals surface area contributed by atoms with Gasteiger partial charge in [-0.15, -0.1) is 0 Å². The first-order chi connectivity index (χ1) is 10.8. The third kappa shape index (κ3) is 4.81. The minimum absolute atomic E-state index is 0.0321. The van der Waals surface area contributed by atoms with Crippen LogP contribution >= 0.6 is 0 Å². The number of ketones is 1. The Labute approximate surface area is 141 Å². The predicted molar refractivity (Wildman–Crippen MR) is 95.5 cm³/mol. The number of piperidine rings is 1. The highest BCUT2D eigenvalue weighted by Crippen LogP contribution is 2.29. The average molecular weight is 317 g/mol. The first-order valence-electron chi connectivity index (χ1n) is 8.75. The molecular weight excluding hydrogens is 286 g/mol. The van der Waals surface area contributed by atoms with E-state index in [2.05, 4.69) is 38.7 Å². The molecule has 1 aromatic carbocycles. The summed E-state index contributed by atoms with van der Waals surface area (Å²) in [5, 5.41) is 0. The molecule has 3 nitrogen and oxygen atoms in total. The Bertz CT molecular complexity index is 537. The van der Waals surface area contributed by atoms with Crippen molar-refractivity contribution in [1.29, 1.82) is 0 Å². The summed E-state index contributed by atoms with van der Waals surface area (Å²) in [7, 11) is 1.63. The number of methoxy groups -OCH3 is 1. The van der Waals surface area contributed by atoms with Crippen LogP contribution in [-0.4, -0.2) is 37.4 Å². The van der Waals surface area contributed by atoms with E-state index in [1.807, 2.05) is 12.1 Å². The van der Waals surface area contributed by atoms with Gasteiger partial charge in [-0.25, -0.2) is 0 Å². The van der Waals surface area contributed by atoms with Gasteiger partial charge in [-0.1, -0.05) is 33.8 Å². The van der Waals surface area contributed by atoms with Gasteiger partial charge in [0, 0.05) is 13.0 Å². The summed E-state index contributed by atoms with van der Waals surface area (Å²) in [5.74, 6) is 1.70. The standard InChI is InChI=1S/C20H31NO2/c1-15-8-11-21(12-9-15)13-10-18(22)17-14-16(20(2,3)4)6-7-19(17)23-5/h6-7,14-15H,8-13H2,1-5H3. The van der Waals surface area contributed by atoms with Crippen LogP contribution in [0.15, 0.2) is 18.2 Å². The molecule has 1 aliphatic rings. The molecule has 0 bridgehead atoms. The number of benzene rings is 1. The second kappa shape index (κ2) is 7.48. The molecule has 1 aromatic rings. The van der Waals surface area contributed by atoms with Gasteiger partial charge in [-0.2, -0.15) is 0 Å². The second-order valence-electron chi connectivity index (χ2n) is 7.86. The van der Waals surface area contributed by atoms with Crippen LogP contribution in [0.1, 0.15) is 62.9 Å². The van der Waals surface area contributed by atoms with Crippen LogP contribution in [0.25, 0.3) is 0 Å². The molecule has 23 heavy (non-hydrogen) atoms. The van der Waals surface area contributed by atoms with Gasteiger partial charge in [0.25, 0.3) is 0 Å². The zero-order chi connectivity index (χ0) is 17.0. The third-order valence-electron chi connectivity index (χ3n) is 4.90. The monoisotopic (exact) mass is 317 g/mol.